The molecule has 3 rings (SSSR count). The normalized spacial score (nSPS) is 11.1. The van der Waals surface area contributed by atoms with Crippen LogP contribution in [-0.4, -0.2) is 54.2 Å². The van der Waals surface area contributed by atoms with E-state index in [-0.39, 0.29) is 41.6 Å². The maximum Gasteiger partial charge on any atom is 0.421 e. The Morgan fingerprint density at radius 2 is 1.89 bits per heavy atom. The minimum absolute atomic E-state index is 0.0140. The van der Waals surface area contributed by atoms with E-state index in [9.17, 15) is 30.8 Å². The molecule has 17 heteroatoms. The lowest BCUT2D eigenvalue weighted by atomic mass is 10.2. The van der Waals surface area contributed by atoms with E-state index in [0.29, 0.717) is 6.20 Å². The molecule has 0 aliphatic rings. The van der Waals surface area contributed by atoms with Crippen LogP contribution in [0.15, 0.2) is 42.7 Å². The Bertz CT molecular complexity index is 1420. The molecule has 204 valence electrons. The average Bonchev–Trinajstić information content (AvgIpc) is 2.83. The molecule has 0 saturated heterocycles. The Kier molecular flexibility index (Phi) is 9.48. The lowest BCUT2D eigenvalue weighted by molar-refractivity contribution is -0.137. The second kappa shape index (κ2) is 12.1. The minimum Gasteiger partial charge on any atom is -0.483 e. The monoisotopic (exact) mass is 559 g/mol. The predicted molar refractivity (Wildman–Crippen MR) is 129 cm³/mol. The summed E-state index contributed by atoms with van der Waals surface area (Å²) in [6.45, 7) is -0.524. The van der Waals surface area contributed by atoms with Gasteiger partial charge in [0.15, 0.2) is 0 Å². The summed E-state index contributed by atoms with van der Waals surface area (Å²) in [5.74, 6) is -2.75. The number of carboxylic acid groups (broad SMARTS) is 1. The number of amides is 1. The third kappa shape index (κ3) is 7.73. The number of halogens is 4. The van der Waals surface area contributed by atoms with Crippen molar-refractivity contribution in [2.75, 3.05) is 28.2 Å². The number of nitrogens with one attached hydrogen (secondary N) is 2. The molecule has 0 saturated carbocycles. The number of carbonyl (C=O) groups is 2. The molecule has 38 heavy (non-hydrogen) atoms. The number of carbonyl (C=O) groups excluding carboxylic acids is 1. The Balaban J connectivity index is 0.00000161. The van der Waals surface area contributed by atoms with Crippen LogP contribution in [0.4, 0.5) is 40.8 Å². The van der Waals surface area contributed by atoms with E-state index >= 15 is 0 Å². The van der Waals surface area contributed by atoms with Crippen molar-refractivity contribution >= 4 is 45.7 Å². The minimum atomic E-state index is -4.82. The summed E-state index contributed by atoms with van der Waals surface area (Å²) in [4.78, 5) is 30.9. The molecule has 5 N–H and O–H groups in total. The highest BCUT2D eigenvalue weighted by Gasteiger charge is 2.35. The number of rotatable bonds is 8. The number of sulfonamides is 1. The van der Waals surface area contributed by atoms with E-state index in [1.54, 1.807) is 0 Å². The molecule has 12 nitrogen and oxygen atoms in total. The summed E-state index contributed by atoms with van der Waals surface area (Å²) in [5.41, 5.74) is 3.86. The van der Waals surface area contributed by atoms with E-state index < -0.39 is 39.3 Å². The molecule has 0 aliphatic carbocycles. The van der Waals surface area contributed by atoms with Crippen LogP contribution in [0, 0.1) is 5.82 Å². The van der Waals surface area contributed by atoms with Gasteiger partial charge in [-0.15, -0.1) is 0 Å². The van der Waals surface area contributed by atoms with Crippen LogP contribution in [0.25, 0.3) is 0 Å². The highest BCUT2D eigenvalue weighted by molar-refractivity contribution is 7.92. The molecule has 1 amide bonds. The second-order valence-corrected chi connectivity index (χ2v) is 9.33. The zero-order chi connectivity index (χ0) is 28.7. The number of nitrogens with two attached hydrogens (primary N) is 1. The first-order valence-electron chi connectivity index (χ1n) is 10.2. The van der Waals surface area contributed by atoms with Crippen LogP contribution in [0.3, 0.4) is 0 Å². The van der Waals surface area contributed by atoms with Crippen molar-refractivity contribution in [1.29, 1.82) is 0 Å². The van der Waals surface area contributed by atoms with Gasteiger partial charge < -0.3 is 21.5 Å². The number of anilines is 4. The van der Waals surface area contributed by atoms with Crippen molar-refractivity contribution in [1.82, 2.24) is 15.0 Å². The van der Waals surface area contributed by atoms with Gasteiger partial charge in [-0.3, -0.25) is 13.9 Å². The molecule has 0 spiro atoms. The van der Waals surface area contributed by atoms with E-state index in [1.165, 1.54) is 31.4 Å². The smallest absolute Gasteiger partial charge is 0.421 e. The third-order valence-corrected chi connectivity index (χ3v) is 5.87. The van der Waals surface area contributed by atoms with Gasteiger partial charge >= 0.3 is 6.18 Å². The average molecular weight is 560 g/mol. The quantitative estimate of drug-likeness (QED) is 0.237. The molecule has 0 atom stereocenters. The SMILES string of the molecule is CN(c1ncccc1CNc1nc(Nc2ccc(C(N)=O)cc2F)ncc1C(F)(F)F)S(C)(=O)=O.O=CO. The third-order valence-electron chi connectivity index (χ3n) is 4.70. The molecule has 0 aliphatic heterocycles. The van der Waals surface area contributed by atoms with E-state index in [4.69, 9.17) is 15.6 Å². The molecule has 0 fully saturated rings. The molecule has 2 heterocycles. The van der Waals surface area contributed by atoms with Gasteiger partial charge in [0.2, 0.25) is 21.9 Å². The van der Waals surface area contributed by atoms with E-state index in [1.807, 2.05) is 0 Å². The maximum absolute atomic E-state index is 14.3. The molecule has 0 bridgehead atoms. The van der Waals surface area contributed by atoms with Gasteiger partial charge in [-0.05, 0) is 24.3 Å². The number of alkyl halides is 3. The van der Waals surface area contributed by atoms with Crippen molar-refractivity contribution in [3.8, 4) is 0 Å². The van der Waals surface area contributed by atoms with Gasteiger partial charge in [0.1, 0.15) is 23.0 Å². The van der Waals surface area contributed by atoms with Gasteiger partial charge in [-0.2, -0.15) is 18.2 Å². The van der Waals surface area contributed by atoms with E-state index in [0.717, 1.165) is 22.7 Å². The van der Waals surface area contributed by atoms with Crippen molar-refractivity contribution < 1.29 is 40.7 Å². The van der Waals surface area contributed by atoms with E-state index in [2.05, 4.69) is 25.6 Å². The van der Waals surface area contributed by atoms with Crippen molar-refractivity contribution in [2.24, 2.45) is 5.73 Å². The van der Waals surface area contributed by atoms with Crippen LogP contribution >= 0.6 is 0 Å². The molecular formula is C21H21F4N7O5S. The standard InChI is InChI=1S/C20H19F4N7O3S.CH2O2/c1-31(35(2,33)34)18-12(4-3-7-26-18)9-27-17-13(20(22,23)24)10-28-19(30-17)29-15-6-5-11(16(25)32)8-14(15)21;2-1-3/h3-8,10H,9H2,1-2H3,(H2,25,32)(H2,27,28,29,30);1H,(H,2,3). The predicted octanol–water partition coefficient (Wildman–Crippen LogP) is 2.58. The van der Waals surface area contributed by atoms with Crippen LogP contribution in [0.1, 0.15) is 21.5 Å². The number of hydrogen-bond acceptors (Lipinski definition) is 9. The summed E-state index contributed by atoms with van der Waals surface area (Å²) < 4.78 is 79.5. The number of pyridine rings is 1. The summed E-state index contributed by atoms with van der Waals surface area (Å²) in [5, 5.41) is 11.9. The summed E-state index contributed by atoms with van der Waals surface area (Å²) in [7, 11) is -2.43. The van der Waals surface area contributed by atoms with Gasteiger partial charge in [0.05, 0.1) is 11.9 Å². The fraction of sp³-hybridized carbons (Fsp3) is 0.190. The van der Waals surface area contributed by atoms with Gasteiger partial charge in [-0.1, -0.05) is 6.07 Å². The molecular weight excluding hydrogens is 538 g/mol. The largest absolute Gasteiger partial charge is 0.483 e. The van der Waals surface area contributed by atoms with Gasteiger partial charge in [0, 0.05) is 37.1 Å². The summed E-state index contributed by atoms with van der Waals surface area (Å²) in [6.07, 6.45) is -2.01. The zero-order valence-electron chi connectivity index (χ0n) is 19.7. The molecule has 1 aromatic carbocycles. The Hall–Kier alpha value is -4.54. The Morgan fingerprint density at radius 1 is 1.24 bits per heavy atom. The number of nitrogens with zero attached hydrogens (tertiary/aromatic N) is 4. The number of primary amides is 1. The van der Waals surface area contributed by atoms with Crippen molar-refractivity contribution in [3.05, 3.63) is 65.2 Å². The summed E-state index contributed by atoms with van der Waals surface area (Å²) >= 11 is 0. The highest BCUT2D eigenvalue weighted by Crippen LogP contribution is 2.34. The Labute approximate surface area is 213 Å². The lowest BCUT2D eigenvalue weighted by Gasteiger charge is -2.20. The molecule has 0 unspecified atom stereocenters. The van der Waals surface area contributed by atoms with Crippen LogP contribution in [0.5, 0.6) is 0 Å². The van der Waals surface area contributed by atoms with Crippen LogP contribution < -0.4 is 20.7 Å². The highest BCUT2D eigenvalue weighted by atomic mass is 32.2. The van der Waals surface area contributed by atoms with Crippen molar-refractivity contribution in [3.63, 3.8) is 0 Å². The number of aromatic nitrogens is 3. The fourth-order valence-corrected chi connectivity index (χ4v) is 3.34. The zero-order valence-corrected chi connectivity index (χ0v) is 20.5. The van der Waals surface area contributed by atoms with Crippen molar-refractivity contribution in [2.45, 2.75) is 12.7 Å². The lowest BCUT2D eigenvalue weighted by Crippen LogP contribution is -2.27. The molecule has 2 aromatic heterocycles. The Morgan fingerprint density at radius 3 is 2.45 bits per heavy atom. The first kappa shape index (κ1) is 29.7. The second-order valence-electron chi connectivity index (χ2n) is 7.31. The first-order valence-corrected chi connectivity index (χ1v) is 12.0. The van der Waals surface area contributed by atoms with Crippen LogP contribution in [-0.2, 0) is 27.5 Å². The number of hydrogen-bond donors (Lipinski definition) is 4. The summed E-state index contributed by atoms with van der Waals surface area (Å²) in [6, 6.07) is 6.22. The topological polar surface area (TPSA) is 180 Å². The van der Waals surface area contributed by atoms with Gasteiger partial charge in [0.25, 0.3) is 6.47 Å². The maximum atomic E-state index is 14.3. The molecule has 0 radical (unpaired) electrons. The van der Waals surface area contributed by atoms with Gasteiger partial charge in [-0.25, -0.2) is 22.8 Å². The molecule has 3 aromatic rings. The first-order chi connectivity index (χ1) is 17.7. The number of benzene rings is 1. The fourth-order valence-electron chi connectivity index (χ4n) is 2.86. The van der Waals surface area contributed by atoms with Crippen LogP contribution in [0.2, 0.25) is 0 Å².